The van der Waals surface area contributed by atoms with E-state index in [2.05, 4.69) is 31.3 Å². The predicted octanol–water partition coefficient (Wildman–Crippen LogP) is 4.04. The molecular formula is C21H27NO3. The summed E-state index contributed by atoms with van der Waals surface area (Å²) in [5, 5.41) is 2.93. The van der Waals surface area contributed by atoms with Gasteiger partial charge in [-0.05, 0) is 34.7 Å². The summed E-state index contributed by atoms with van der Waals surface area (Å²) >= 11 is 0. The lowest BCUT2D eigenvalue weighted by molar-refractivity contribution is -0.121. The van der Waals surface area contributed by atoms with E-state index in [-0.39, 0.29) is 5.91 Å². The maximum Gasteiger partial charge on any atom is 0.223 e. The van der Waals surface area contributed by atoms with E-state index in [1.807, 2.05) is 36.4 Å². The van der Waals surface area contributed by atoms with Gasteiger partial charge >= 0.3 is 0 Å². The molecule has 25 heavy (non-hydrogen) atoms. The van der Waals surface area contributed by atoms with Crippen molar-refractivity contribution in [2.24, 2.45) is 0 Å². The van der Waals surface area contributed by atoms with Crippen LogP contribution in [-0.4, -0.2) is 19.6 Å². The molecule has 2 rings (SSSR count). The maximum absolute atomic E-state index is 12.0. The lowest BCUT2D eigenvalue weighted by Crippen LogP contribution is -2.25. The summed E-state index contributed by atoms with van der Waals surface area (Å²) < 4.78 is 10.8. The predicted molar refractivity (Wildman–Crippen MR) is 99.6 cm³/mol. The van der Waals surface area contributed by atoms with Gasteiger partial charge in [0.15, 0.2) is 0 Å². The van der Waals surface area contributed by atoms with Gasteiger partial charge in [-0.2, -0.15) is 0 Å². The zero-order valence-electron chi connectivity index (χ0n) is 15.2. The molecule has 0 heterocycles. The molecule has 0 fully saturated rings. The fraction of sp³-hybridized carbons (Fsp3) is 0.381. The second-order valence-corrected chi connectivity index (χ2v) is 6.30. The van der Waals surface area contributed by atoms with Crippen molar-refractivity contribution in [1.82, 2.24) is 5.32 Å². The summed E-state index contributed by atoms with van der Waals surface area (Å²) in [6, 6.07) is 16.0. The quantitative estimate of drug-likeness (QED) is 0.749. The normalized spacial score (nSPS) is 10.7. The fourth-order valence-corrected chi connectivity index (χ4v) is 2.52. The number of nitrogens with one attached hydrogen (secondary N) is 1. The zero-order chi connectivity index (χ0) is 18.1. The van der Waals surface area contributed by atoms with Gasteiger partial charge < -0.3 is 14.8 Å². The van der Waals surface area contributed by atoms with Crippen molar-refractivity contribution < 1.29 is 14.3 Å². The SMILES string of the molecule is COCc1ccccc1CNC(=O)CCOc1ccc(C(C)C)cc1. The van der Waals surface area contributed by atoms with Crippen LogP contribution in [0.4, 0.5) is 0 Å². The van der Waals surface area contributed by atoms with E-state index in [1.54, 1.807) is 7.11 Å². The standard InChI is InChI=1S/C21H27NO3/c1-16(2)17-8-10-20(11-9-17)25-13-12-21(23)22-14-18-6-4-5-7-19(18)15-24-3/h4-11,16H,12-15H2,1-3H3,(H,22,23). The third kappa shape index (κ3) is 6.24. The van der Waals surface area contributed by atoms with Crippen molar-refractivity contribution in [2.45, 2.75) is 39.3 Å². The van der Waals surface area contributed by atoms with E-state index in [0.717, 1.165) is 16.9 Å². The van der Waals surface area contributed by atoms with Gasteiger partial charge in [-0.15, -0.1) is 0 Å². The number of carbonyl (C=O) groups is 1. The molecule has 1 N–H and O–H groups in total. The van der Waals surface area contributed by atoms with E-state index in [9.17, 15) is 4.79 Å². The maximum atomic E-state index is 12.0. The third-order valence-electron chi connectivity index (χ3n) is 4.04. The molecule has 2 aromatic rings. The Morgan fingerprint density at radius 1 is 1.04 bits per heavy atom. The molecule has 0 unspecified atom stereocenters. The summed E-state index contributed by atoms with van der Waals surface area (Å²) in [4.78, 5) is 12.0. The first-order chi connectivity index (χ1) is 12.1. The monoisotopic (exact) mass is 341 g/mol. The molecule has 0 saturated carbocycles. The number of rotatable bonds is 9. The summed E-state index contributed by atoms with van der Waals surface area (Å²) in [7, 11) is 1.67. The lowest BCUT2D eigenvalue weighted by atomic mass is 10.0. The highest BCUT2D eigenvalue weighted by Crippen LogP contribution is 2.18. The Hall–Kier alpha value is -2.33. The molecule has 0 radical (unpaired) electrons. The molecular weight excluding hydrogens is 314 g/mol. The van der Waals surface area contributed by atoms with Crippen molar-refractivity contribution in [3.05, 3.63) is 65.2 Å². The molecule has 4 heteroatoms. The van der Waals surface area contributed by atoms with Gasteiger partial charge in [0.25, 0.3) is 0 Å². The van der Waals surface area contributed by atoms with Crippen molar-refractivity contribution in [3.8, 4) is 5.75 Å². The van der Waals surface area contributed by atoms with Gasteiger partial charge in [0.05, 0.1) is 19.6 Å². The first-order valence-corrected chi connectivity index (χ1v) is 8.65. The second-order valence-electron chi connectivity index (χ2n) is 6.30. The minimum atomic E-state index is -0.0222. The molecule has 0 aliphatic heterocycles. The number of benzene rings is 2. The van der Waals surface area contributed by atoms with Crippen LogP contribution in [-0.2, 0) is 22.7 Å². The van der Waals surface area contributed by atoms with Gasteiger partial charge in [0, 0.05) is 13.7 Å². The van der Waals surface area contributed by atoms with Crippen LogP contribution in [0.15, 0.2) is 48.5 Å². The molecule has 0 aromatic heterocycles. The van der Waals surface area contributed by atoms with E-state index in [0.29, 0.717) is 32.1 Å². The Bertz CT molecular complexity index is 665. The Morgan fingerprint density at radius 2 is 1.72 bits per heavy atom. The summed E-state index contributed by atoms with van der Waals surface area (Å²) in [5.41, 5.74) is 3.44. The number of carbonyl (C=O) groups excluding carboxylic acids is 1. The molecule has 0 saturated heterocycles. The highest BCUT2D eigenvalue weighted by atomic mass is 16.5. The molecule has 1 amide bonds. The van der Waals surface area contributed by atoms with Crippen molar-refractivity contribution >= 4 is 5.91 Å². The topological polar surface area (TPSA) is 47.6 Å². The smallest absolute Gasteiger partial charge is 0.223 e. The van der Waals surface area contributed by atoms with Gasteiger partial charge in [-0.25, -0.2) is 0 Å². The largest absolute Gasteiger partial charge is 0.493 e. The average Bonchev–Trinajstić information content (AvgIpc) is 2.62. The van der Waals surface area contributed by atoms with E-state index < -0.39 is 0 Å². The van der Waals surface area contributed by atoms with Crippen LogP contribution in [0.25, 0.3) is 0 Å². The van der Waals surface area contributed by atoms with Gasteiger partial charge in [-0.3, -0.25) is 4.79 Å². The molecule has 0 aliphatic carbocycles. The Morgan fingerprint density at radius 3 is 2.36 bits per heavy atom. The zero-order valence-corrected chi connectivity index (χ0v) is 15.2. The van der Waals surface area contributed by atoms with Crippen molar-refractivity contribution in [2.75, 3.05) is 13.7 Å². The average molecular weight is 341 g/mol. The lowest BCUT2D eigenvalue weighted by Gasteiger charge is -2.11. The minimum absolute atomic E-state index is 0.0222. The molecule has 0 bridgehead atoms. The molecule has 0 spiro atoms. The highest BCUT2D eigenvalue weighted by molar-refractivity contribution is 5.76. The molecule has 4 nitrogen and oxygen atoms in total. The molecule has 0 aliphatic rings. The summed E-state index contributed by atoms with van der Waals surface area (Å²) in [5.74, 6) is 1.27. The number of ether oxygens (including phenoxy) is 2. The number of hydrogen-bond acceptors (Lipinski definition) is 3. The highest BCUT2D eigenvalue weighted by Gasteiger charge is 2.06. The Balaban J connectivity index is 1.74. The first kappa shape index (κ1) is 19.0. The summed E-state index contributed by atoms with van der Waals surface area (Å²) in [6.45, 7) is 5.73. The van der Waals surface area contributed by atoms with Crippen molar-refractivity contribution in [1.29, 1.82) is 0 Å². The number of hydrogen-bond donors (Lipinski definition) is 1. The van der Waals surface area contributed by atoms with Gasteiger partial charge in [0.2, 0.25) is 5.91 Å². The van der Waals surface area contributed by atoms with E-state index in [1.165, 1.54) is 5.56 Å². The van der Waals surface area contributed by atoms with Crippen molar-refractivity contribution in [3.63, 3.8) is 0 Å². The van der Waals surface area contributed by atoms with Crippen LogP contribution in [0.2, 0.25) is 0 Å². The molecule has 2 aromatic carbocycles. The van der Waals surface area contributed by atoms with Crippen LogP contribution < -0.4 is 10.1 Å². The summed E-state index contributed by atoms with van der Waals surface area (Å²) in [6.07, 6.45) is 0.332. The van der Waals surface area contributed by atoms with Crippen LogP contribution in [0.1, 0.15) is 42.9 Å². The number of amides is 1. The van der Waals surface area contributed by atoms with Crippen LogP contribution in [0.5, 0.6) is 5.75 Å². The third-order valence-corrected chi connectivity index (χ3v) is 4.04. The van der Waals surface area contributed by atoms with E-state index in [4.69, 9.17) is 9.47 Å². The van der Waals surface area contributed by atoms with Crippen LogP contribution >= 0.6 is 0 Å². The Labute approximate surface area is 150 Å². The first-order valence-electron chi connectivity index (χ1n) is 8.65. The molecule has 134 valence electrons. The van der Waals surface area contributed by atoms with E-state index >= 15 is 0 Å². The fourth-order valence-electron chi connectivity index (χ4n) is 2.52. The van der Waals surface area contributed by atoms with Gasteiger partial charge in [-0.1, -0.05) is 50.2 Å². The van der Waals surface area contributed by atoms with Crippen LogP contribution in [0, 0.1) is 0 Å². The number of methoxy groups -OCH3 is 1. The second kappa shape index (κ2) is 9.84. The minimum Gasteiger partial charge on any atom is -0.493 e. The Kier molecular flexibility index (Phi) is 7.48. The molecule has 0 atom stereocenters. The van der Waals surface area contributed by atoms with Gasteiger partial charge in [0.1, 0.15) is 5.75 Å². The van der Waals surface area contributed by atoms with Crippen LogP contribution in [0.3, 0.4) is 0 Å².